The number of ether oxygens (including phenoxy) is 1. The average Bonchev–Trinajstić information content (AvgIpc) is 2.27. The molecule has 1 heterocycles. The number of nitrogens with one attached hydrogen (secondary N) is 1. The highest BCUT2D eigenvalue weighted by atomic mass is 16.6. The van der Waals surface area contributed by atoms with Gasteiger partial charge in [0.1, 0.15) is 0 Å². The van der Waals surface area contributed by atoms with E-state index in [9.17, 15) is 14.9 Å². The molecular weight excluding hydrogens is 212 g/mol. The summed E-state index contributed by atoms with van der Waals surface area (Å²) in [6.07, 6.45) is 1.48. The summed E-state index contributed by atoms with van der Waals surface area (Å²) in [5, 5.41) is 11.0. The summed E-state index contributed by atoms with van der Waals surface area (Å²) in [4.78, 5) is 24.5. The number of rotatable bonds is 2. The van der Waals surface area contributed by atoms with Crippen LogP contribution >= 0.6 is 0 Å². The van der Waals surface area contributed by atoms with Crippen LogP contribution in [0.1, 0.15) is 0 Å². The lowest BCUT2D eigenvalue weighted by molar-refractivity contribution is -0.385. The summed E-state index contributed by atoms with van der Waals surface area (Å²) in [5.41, 5.74) is 0.0288. The normalized spacial score (nSPS) is 10.3. The third-order valence-electron chi connectivity index (χ3n) is 2.25. The van der Waals surface area contributed by atoms with Gasteiger partial charge in [-0.2, -0.15) is 0 Å². The maximum atomic E-state index is 11.5. The summed E-state index contributed by atoms with van der Waals surface area (Å²) in [7, 11) is 1.34. The lowest BCUT2D eigenvalue weighted by atomic mass is 10.2. The number of pyridine rings is 1. The Morgan fingerprint density at radius 3 is 2.81 bits per heavy atom. The standard InChI is InChI=1S/C10H8N2O4/c1-16-10-5-7-6(4-8(10)12(14)15)9(13)2-3-11-7/h2-5H,1H3,(H,11,13). The van der Waals surface area contributed by atoms with Gasteiger partial charge in [0.25, 0.3) is 0 Å². The van der Waals surface area contributed by atoms with Crippen molar-refractivity contribution < 1.29 is 9.66 Å². The van der Waals surface area contributed by atoms with Crippen LogP contribution in [0, 0.1) is 10.1 Å². The minimum absolute atomic E-state index is 0.124. The summed E-state index contributed by atoms with van der Waals surface area (Å²) < 4.78 is 4.89. The smallest absolute Gasteiger partial charge is 0.311 e. The topological polar surface area (TPSA) is 85.2 Å². The quantitative estimate of drug-likeness (QED) is 0.613. The highest BCUT2D eigenvalue weighted by Gasteiger charge is 2.16. The van der Waals surface area contributed by atoms with Gasteiger partial charge in [-0.15, -0.1) is 0 Å². The van der Waals surface area contributed by atoms with Crippen molar-refractivity contribution in [3.8, 4) is 5.75 Å². The minimum Gasteiger partial charge on any atom is -0.490 e. The Kier molecular flexibility index (Phi) is 2.32. The van der Waals surface area contributed by atoms with Crippen LogP contribution in [0.2, 0.25) is 0 Å². The number of aromatic nitrogens is 1. The highest BCUT2D eigenvalue weighted by molar-refractivity contribution is 5.83. The molecule has 0 bridgehead atoms. The number of benzene rings is 1. The van der Waals surface area contributed by atoms with E-state index in [0.717, 1.165) is 0 Å². The number of nitro benzene ring substituents is 1. The first kappa shape index (κ1) is 10.2. The van der Waals surface area contributed by atoms with E-state index in [-0.39, 0.29) is 22.3 Å². The zero-order valence-corrected chi connectivity index (χ0v) is 8.39. The summed E-state index contributed by atoms with van der Waals surface area (Å²) >= 11 is 0. The Bertz CT molecular complexity index is 618. The molecule has 0 saturated heterocycles. The fraction of sp³-hybridized carbons (Fsp3) is 0.100. The number of hydrogen-bond donors (Lipinski definition) is 1. The predicted octanol–water partition coefficient (Wildman–Crippen LogP) is 1.44. The summed E-state index contributed by atoms with van der Waals surface area (Å²) in [6, 6.07) is 3.97. The van der Waals surface area contributed by atoms with Crippen LogP contribution in [-0.4, -0.2) is 17.0 Å². The molecule has 0 aliphatic carbocycles. The number of hydrogen-bond acceptors (Lipinski definition) is 4. The van der Waals surface area contributed by atoms with Crippen molar-refractivity contribution in [1.29, 1.82) is 0 Å². The van der Waals surface area contributed by atoms with Gasteiger partial charge in [0.15, 0.2) is 11.2 Å². The first-order valence-electron chi connectivity index (χ1n) is 4.47. The van der Waals surface area contributed by atoms with Crippen LogP contribution in [0.4, 0.5) is 5.69 Å². The molecule has 0 aliphatic rings. The molecule has 2 rings (SSSR count). The van der Waals surface area contributed by atoms with E-state index in [0.29, 0.717) is 5.52 Å². The zero-order valence-electron chi connectivity index (χ0n) is 8.39. The molecule has 0 fully saturated rings. The van der Waals surface area contributed by atoms with Crippen LogP contribution in [0.15, 0.2) is 29.2 Å². The van der Waals surface area contributed by atoms with E-state index in [1.807, 2.05) is 0 Å². The fourth-order valence-electron chi connectivity index (χ4n) is 1.49. The van der Waals surface area contributed by atoms with Crippen molar-refractivity contribution in [3.63, 3.8) is 0 Å². The molecule has 16 heavy (non-hydrogen) atoms. The molecule has 0 unspecified atom stereocenters. The van der Waals surface area contributed by atoms with E-state index >= 15 is 0 Å². The van der Waals surface area contributed by atoms with Gasteiger partial charge >= 0.3 is 5.69 Å². The molecule has 82 valence electrons. The predicted molar refractivity (Wildman–Crippen MR) is 57.8 cm³/mol. The second kappa shape index (κ2) is 3.65. The molecule has 0 amide bonds. The first-order chi connectivity index (χ1) is 7.63. The number of nitrogens with zero attached hydrogens (tertiary/aromatic N) is 1. The maximum absolute atomic E-state index is 11.5. The van der Waals surface area contributed by atoms with E-state index in [4.69, 9.17) is 4.74 Å². The lowest BCUT2D eigenvalue weighted by Gasteiger charge is -2.03. The molecule has 0 radical (unpaired) electrons. The van der Waals surface area contributed by atoms with Crippen molar-refractivity contribution >= 4 is 16.6 Å². The highest BCUT2D eigenvalue weighted by Crippen LogP contribution is 2.29. The van der Waals surface area contributed by atoms with Crippen LogP contribution in [-0.2, 0) is 0 Å². The third kappa shape index (κ3) is 1.50. The SMILES string of the molecule is COc1cc2[nH]ccc(=O)c2cc1[N+](=O)[O-]. The van der Waals surface area contributed by atoms with Crippen LogP contribution in [0.3, 0.4) is 0 Å². The van der Waals surface area contributed by atoms with Gasteiger partial charge < -0.3 is 9.72 Å². The van der Waals surface area contributed by atoms with Gasteiger partial charge in [-0.25, -0.2) is 0 Å². The van der Waals surface area contributed by atoms with Crippen LogP contribution < -0.4 is 10.2 Å². The Morgan fingerprint density at radius 1 is 1.44 bits per heavy atom. The molecular formula is C10H8N2O4. The van der Waals surface area contributed by atoms with E-state index in [1.165, 1.54) is 31.5 Å². The largest absolute Gasteiger partial charge is 0.490 e. The molecule has 2 aromatic rings. The second-order valence-corrected chi connectivity index (χ2v) is 3.17. The Balaban J connectivity index is 2.86. The van der Waals surface area contributed by atoms with Crippen molar-refractivity contribution in [2.45, 2.75) is 0 Å². The van der Waals surface area contributed by atoms with Crippen molar-refractivity contribution in [2.75, 3.05) is 7.11 Å². The Hall–Kier alpha value is -2.37. The molecule has 1 aromatic carbocycles. The van der Waals surface area contributed by atoms with Crippen LogP contribution in [0.25, 0.3) is 10.9 Å². The van der Waals surface area contributed by atoms with Gasteiger partial charge in [-0.05, 0) is 0 Å². The van der Waals surface area contributed by atoms with Crippen LogP contribution in [0.5, 0.6) is 5.75 Å². The zero-order chi connectivity index (χ0) is 11.7. The number of fused-ring (bicyclic) bond motifs is 1. The molecule has 0 atom stereocenters. The molecule has 6 nitrogen and oxygen atoms in total. The number of nitro groups is 1. The van der Waals surface area contributed by atoms with Gasteiger partial charge in [0.2, 0.25) is 0 Å². The second-order valence-electron chi connectivity index (χ2n) is 3.17. The number of aromatic amines is 1. The number of H-pyrrole nitrogens is 1. The maximum Gasteiger partial charge on any atom is 0.311 e. The minimum atomic E-state index is -0.579. The first-order valence-corrected chi connectivity index (χ1v) is 4.47. The lowest BCUT2D eigenvalue weighted by Crippen LogP contribution is -2.02. The molecule has 0 aliphatic heterocycles. The molecule has 0 saturated carbocycles. The molecule has 1 aromatic heterocycles. The van der Waals surface area contributed by atoms with Crippen molar-refractivity contribution in [2.24, 2.45) is 0 Å². The Labute approximate surface area is 89.6 Å². The summed E-state index contributed by atoms with van der Waals surface area (Å²) in [5.74, 6) is 0.124. The fourth-order valence-corrected chi connectivity index (χ4v) is 1.49. The van der Waals surface area contributed by atoms with E-state index in [1.54, 1.807) is 0 Å². The van der Waals surface area contributed by atoms with Gasteiger partial charge in [-0.3, -0.25) is 14.9 Å². The van der Waals surface area contributed by atoms with Crippen molar-refractivity contribution in [1.82, 2.24) is 4.98 Å². The van der Waals surface area contributed by atoms with Gasteiger partial charge in [0, 0.05) is 24.4 Å². The van der Waals surface area contributed by atoms with E-state index in [2.05, 4.69) is 4.98 Å². The molecule has 0 spiro atoms. The molecule has 6 heteroatoms. The van der Waals surface area contributed by atoms with Crippen molar-refractivity contribution in [3.05, 3.63) is 44.7 Å². The van der Waals surface area contributed by atoms with Gasteiger partial charge in [0.05, 0.1) is 22.9 Å². The summed E-state index contributed by atoms with van der Waals surface area (Å²) in [6.45, 7) is 0. The third-order valence-corrected chi connectivity index (χ3v) is 2.25. The van der Waals surface area contributed by atoms with E-state index < -0.39 is 4.92 Å². The molecule has 1 N–H and O–H groups in total. The van der Waals surface area contributed by atoms with Gasteiger partial charge in [-0.1, -0.05) is 0 Å². The Morgan fingerprint density at radius 2 is 2.19 bits per heavy atom. The average molecular weight is 220 g/mol. The number of methoxy groups -OCH3 is 1. The monoisotopic (exact) mass is 220 g/mol.